The fraction of sp³-hybridized carbons (Fsp3) is 0.667. The molecule has 0 saturated carbocycles. The first-order valence-electron chi connectivity index (χ1n) is 8.83. The van der Waals surface area contributed by atoms with Gasteiger partial charge in [0.05, 0.1) is 11.3 Å². The van der Waals surface area contributed by atoms with Crippen LogP contribution in [-0.2, 0) is 30.3 Å². The van der Waals surface area contributed by atoms with E-state index in [1.54, 1.807) is 20.8 Å². The van der Waals surface area contributed by atoms with Gasteiger partial charge in [-0.1, -0.05) is 0 Å². The van der Waals surface area contributed by atoms with Crippen LogP contribution in [0.5, 0.6) is 0 Å². The zero-order valence-electron chi connectivity index (χ0n) is 15.4. The molecule has 0 radical (unpaired) electrons. The summed E-state index contributed by atoms with van der Waals surface area (Å²) in [5.41, 5.74) is 0.237. The van der Waals surface area contributed by atoms with E-state index in [0.717, 1.165) is 12.2 Å². The van der Waals surface area contributed by atoms with Gasteiger partial charge >= 0.3 is 12.3 Å². The molecule has 8 heteroatoms. The number of unbranched alkanes of at least 4 members (excludes halogenated alkanes) is 1. The quantitative estimate of drug-likeness (QED) is 0.775. The number of rotatable bonds is 5. The smallest absolute Gasteiger partial charge is 0.418 e. The second-order valence-corrected chi connectivity index (χ2v) is 7.40. The first-order chi connectivity index (χ1) is 12.1. The summed E-state index contributed by atoms with van der Waals surface area (Å²) in [6, 6.07) is 1.22. The van der Waals surface area contributed by atoms with Crippen molar-refractivity contribution in [3.05, 3.63) is 28.6 Å². The Morgan fingerprint density at radius 2 is 2.04 bits per heavy atom. The first-order valence-corrected chi connectivity index (χ1v) is 8.83. The van der Waals surface area contributed by atoms with Crippen LogP contribution in [0.4, 0.5) is 18.0 Å². The number of carbonyl (C=O) groups excluding carboxylic acids is 1. The Bertz CT molecular complexity index is 640. The molecule has 0 spiro atoms. The van der Waals surface area contributed by atoms with Gasteiger partial charge in [-0.2, -0.15) is 13.2 Å². The second-order valence-electron chi connectivity index (χ2n) is 7.40. The van der Waals surface area contributed by atoms with E-state index in [-0.39, 0.29) is 12.1 Å². The monoisotopic (exact) mass is 373 g/mol. The Kier molecular flexibility index (Phi) is 6.49. The van der Waals surface area contributed by atoms with Gasteiger partial charge in [0.2, 0.25) is 0 Å². The maximum absolute atomic E-state index is 13.3. The SMILES string of the molecule is CC(C)(C)OC(=O)NCCCCc1nc2c(cc1C(F)(F)F)CNCC2. The number of fused-ring (bicyclic) bond motifs is 1. The molecular weight excluding hydrogens is 347 g/mol. The molecule has 2 N–H and O–H groups in total. The highest BCUT2D eigenvalue weighted by molar-refractivity contribution is 5.67. The maximum Gasteiger partial charge on any atom is 0.418 e. The van der Waals surface area contributed by atoms with E-state index < -0.39 is 23.4 Å². The topological polar surface area (TPSA) is 63.2 Å². The number of amides is 1. The van der Waals surface area contributed by atoms with Crippen molar-refractivity contribution in [2.75, 3.05) is 13.1 Å². The zero-order chi connectivity index (χ0) is 19.4. The summed E-state index contributed by atoms with van der Waals surface area (Å²) < 4.78 is 45.1. The maximum atomic E-state index is 13.3. The fourth-order valence-electron chi connectivity index (χ4n) is 2.79. The lowest BCUT2D eigenvalue weighted by molar-refractivity contribution is -0.138. The summed E-state index contributed by atoms with van der Waals surface area (Å²) in [5, 5.41) is 5.67. The molecule has 0 fully saturated rings. The molecule has 1 aliphatic rings. The number of hydrogen-bond acceptors (Lipinski definition) is 4. The van der Waals surface area contributed by atoms with Crippen molar-refractivity contribution in [1.82, 2.24) is 15.6 Å². The van der Waals surface area contributed by atoms with Crippen LogP contribution in [0.3, 0.4) is 0 Å². The highest BCUT2D eigenvalue weighted by atomic mass is 19.4. The van der Waals surface area contributed by atoms with Crippen molar-refractivity contribution >= 4 is 6.09 Å². The van der Waals surface area contributed by atoms with Crippen LogP contribution in [-0.4, -0.2) is 29.8 Å². The molecule has 0 atom stereocenters. The molecule has 5 nitrogen and oxygen atoms in total. The Morgan fingerprint density at radius 1 is 1.31 bits per heavy atom. The molecule has 0 saturated heterocycles. The molecule has 2 rings (SSSR count). The van der Waals surface area contributed by atoms with Gasteiger partial charge in [0, 0.05) is 31.7 Å². The zero-order valence-corrected chi connectivity index (χ0v) is 15.4. The van der Waals surface area contributed by atoms with Crippen LogP contribution in [0.2, 0.25) is 0 Å². The predicted octanol–water partition coefficient (Wildman–Crippen LogP) is 3.59. The average molecular weight is 373 g/mol. The van der Waals surface area contributed by atoms with Crippen molar-refractivity contribution < 1.29 is 22.7 Å². The second kappa shape index (κ2) is 8.24. The summed E-state index contributed by atoms with van der Waals surface area (Å²) in [5.74, 6) is 0. The number of halogens is 3. The van der Waals surface area contributed by atoms with Gasteiger partial charge in [0.1, 0.15) is 5.60 Å². The van der Waals surface area contributed by atoms with E-state index >= 15 is 0 Å². The van der Waals surface area contributed by atoms with Gasteiger partial charge in [0.15, 0.2) is 0 Å². The van der Waals surface area contributed by atoms with Crippen LogP contribution >= 0.6 is 0 Å². The van der Waals surface area contributed by atoms with E-state index in [1.165, 1.54) is 6.07 Å². The lowest BCUT2D eigenvalue weighted by Crippen LogP contribution is -2.33. The predicted molar refractivity (Wildman–Crippen MR) is 91.8 cm³/mol. The van der Waals surface area contributed by atoms with Gasteiger partial charge in [0.25, 0.3) is 0 Å². The lowest BCUT2D eigenvalue weighted by Gasteiger charge is -2.21. The number of carbonyl (C=O) groups is 1. The van der Waals surface area contributed by atoms with Crippen molar-refractivity contribution in [3.63, 3.8) is 0 Å². The van der Waals surface area contributed by atoms with Crippen molar-refractivity contribution in [2.45, 2.75) is 64.8 Å². The van der Waals surface area contributed by atoms with Gasteiger partial charge in [-0.3, -0.25) is 4.98 Å². The molecule has 26 heavy (non-hydrogen) atoms. The van der Waals surface area contributed by atoms with Crippen LogP contribution in [0.15, 0.2) is 6.07 Å². The third kappa shape index (κ3) is 6.16. The van der Waals surface area contributed by atoms with Crippen LogP contribution < -0.4 is 10.6 Å². The highest BCUT2D eigenvalue weighted by Gasteiger charge is 2.35. The fourth-order valence-corrected chi connectivity index (χ4v) is 2.79. The molecule has 1 aliphatic heterocycles. The summed E-state index contributed by atoms with van der Waals surface area (Å²) >= 11 is 0. The number of aromatic nitrogens is 1. The number of pyridine rings is 1. The third-order valence-corrected chi connectivity index (χ3v) is 3.94. The molecule has 146 valence electrons. The van der Waals surface area contributed by atoms with E-state index in [9.17, 15) is 18.0 Å². The van der Waals surface area contributed by atoms with Gasteiger partial charge in [-0.15, -0.1) is 0 Å². The molecule has 2 heterocycles. The summed E-state index contributed by atoms with van der Waals surface area (Å²) in [6.45, 7) is 6.80. The Balaban J connectivity index is 1.91. The highest BCUT2D eigenvalue weighted by Crippen LogP contribution is 2.33. The summed E-state index contributed by atoms with van der Waals surface area (Å²) in [6.07, 6.45) is -3.01. The van der Waals surface area contributed by atoms with Crippen LogP contribution in [0.1, 0.15) is 56.1 Å². The normalized spacial score (nSPS) is 14.7. The Morgan fingerprint density at radius 3 is 2.69 bits per heavy atom. The Labute approximate surface area is 151 Å². The van der Waals surface area contributed by atoms with E-state index in [2.05, 4.69) is 15.6 Å². The van der Waals surface area contributed by atoms with Crippen LogP contribution in [0.25, 0.3) is 0 Å². The minimum absolute atomic E-state index is 0.0930. The Hall–Kier alpha value is -1.83. The molecule has 1 amide bonds. The van der Waals surface area contributed by atoms with Gasteiger partial charge in [-0.25, -0.2) is 4.79 Å². The van der Waals surface area contributed by atoms with Gasteiger partial charge < -0.3 is 15.4 Å². The number of alkyl carbamates (subject to hydrolysis) is 1. The van der Waals surface area contributed by atoms with Crippen molar-refractivity contribution in [2.24, 2.45) is 0 Å². The molecule has 0 aliphatic carbocycles. The molecule has 0 aromatic carbocycles. The number of hydrogen-bond donors (Lipinski definition) is 2. The van der Waals surface area contributed by atoms with Gasteiger partial charge in [-0.05, 0) is 51.7 Å². The van der Waals surface area contributed by atoms with Crippen LogP contribution in [0, 0.1) is 0 Å². The number of nitrogens with one attached hydrogen (secondary N) is 2. The number of alkyl halides is 3. The number of ether oxygens (including phenoxy) is 1. The molecule has 1 aromatic heterocycles. The van der Waals surface area contributed by atoms with E-state index in [1.807, 2.05) is 0 Å². The molecular formula is C18H26F3N3O2. The van der Waals surface area contributed by atoms with Crippen molar-refractivity contribution in [1.29, 1.82) is 0 Å². The van der Waals surface area contributed by atoms with E-state index in [0.29, 0.717) is 37.9 Å². The minimum Gasteiger partial charge on any atom is -0.444 e. The minimum atomic E-state index is -4.41. The lowest BCUT2D eigenvalue weighted by atomic mass is 10.00. The van der Waals surface area contributed by atoms with E-state index in [4.69, 9.17) is 4.74 Å². The average Bonchev–Trinajstić information content (AvgIpc) is 2.51. The summed E-state index contributed by atoms with van der Waals surface area (Å²) in [4.78, 5) is 15.8. The molecule has 0 unspecified atom stereocenters. The van der Waals surface area contributed by atoms with Crippen molar-refractivity contribution in [3.8, 4) is 0 Å². The number of nitrogens with zero attached hydrogens (tertiary/aromatic N) is 1. The first kappa shape index (κ1) is 20.5. The molecule has 0 bridgehead atoms. The summed E-state index contributed by atoms with van der Waals surface area (Å²) in [7, 11) is 0. The standard InChI is InChI=1S/C18H26F3N3O2/c1-17(2,3)26-16(25)23-8-5-4-6-15-13(18(19,20)21)10-12-11-22-9-7-14(12)24-15/h10,22H,4-9,11H2,1-3H3,(H,23,25). The largest absolute Gasteiger partial charge is 0.444 e. The number of aryl methyl sites for hydroxylation is 1. The third-order valence-electron chi connectivity index (χ3n) is 3.94. The molecule has 1 aromatic rings.